The third-order valence-corrected chi connectivity index (χ3v) is 1.30. The van der Waals surface area contributed by atoms with E-state index in [-0.39, 0.29) is 6.04 Å². The van der Waals surface area contributed by atoms with Gasteiger partial charge in [0.1, 0.15) is 6.04 Å². The highest BCUT2D eigenvalue weighted by Crippen LogP contribution is 2.01. The van der Waals surface area contributed by atoms with Crippen molar-refractivity contribution in [3.05, 3.63) is 0 Å². The maximum atomic E-state index is 8.43. The lowest BCUT2D eigenvalue weighted by Gasteiger charge is -2.01. The number of nitrogens with zero attached hydrogens (tertiary/aromatic N) is 2. The summed E-state index contributed by atoms with van der Waals surface area (Å²) in [7, 11) is 0. The summed E-state index contributed by atoms with van der Waals surface area (Å²) in [4.78, 5) is 0. The Morgan fingerprint density at radius 1 is 1.78 bits per heavy atom. The second kappa shape index (κ2) is 3.08. The van der Waals surface area contributed by atoms with Crippen LogP contribution >= 0.6 is 0 Å². The minimum Gasteiger partial charge on any atom is -0.293 e. The average Bonchev–Trinajstić information content (AvgIpc) is 2.13. The fraction of sp³-hybridized carbons (Fsp3) is 0.667. The Labute approximate surface area is 54.4 Å². The van der Waals surface area contributed by atoms with Crippen LogP contribution in [-0.2, 0) is 0 Å². The van der Waals surface area contributed by atoms with Crippen LogP contribution in [-0.4, -0.2) is 12.3 Å². The SMILES string of the molecule is N#CC1CCCC=NN1. The molecule has 0 saturated carbocycles. The van der Waals surface area contributed by atoms with E-state index in [0.717, 1.165) is 19.3 Å². The van der Waals surface area contributed by atoms with Gasteiger partial charge in [-0.1, -0.05) is 0 Å². The normalized spacial score (nSPS) is 25.9. The lowest BCUT2D eigenvalue weighted by atomic mass is 10.1. The highest BCUT2D eigenvalue weighted by Gasteiger charge is 2.05. The Hall–Kier alpha value is -1.04. The van der Waals surface area contributed by atoms with Gasteiger partial charge in [-0.3, -0.25) is 5.43 Å². The number of rotatable bonds is 0. The summed E-state index contributed by atoms with van der Waals surface area (Å²) in [5.41, 5.74) is 2.74. The van der Waals surface area contributed by atoms with Gasteiger partial charge in [-0.25, -0.2) is 0 Å². The first-order chi connectivity index (χ1) is 4.43. The molecule has 1 heterocycles. The van der Waals surface area contributed by atoms with Crippen LogP contribution in [0, 0.1) is 11.3 Å². The quantitative estimate of drug-likeness (QED) is 0.513. The topological polar surface area (TPSA) is 48.2 Å². The molecule has 0 aromatic heterocycles. The van der Waals surface area contributed by atoms with Crippen molar-refractivity contribution >= 4 is 6.21 Å². The first-order valence-corrected chi connectivity index (χ1v) is 3.10. The zero-order valence-electron chi connectivity index (χ0n) is 5.17. The van der Waals surface area contributed by atoms with Crippen molar-refractivity contribution in [3.63, 3.8) is 0 Å². The Morgan fingerprint density at radius 3 is 3.44 bits per heavy atom. The molecule has 3 heteroatoms. The van der Waals surface area contributed by atoms with Crippen LogP contribution in [0.25, 0.3) is 0 Å². The summed E-state index contributed by atoms with van der Waals surface area (Å²) in [5.74, 6) is 0. The van der Waals surface area contributed by atoms with Gasteiger partial charge >= 0.3 is 0 Å². The van der Waals surface area contributed by atoms with E-state index in [2.05, 4.69) is 16.6 Å². The Kier molecular flexibility index (Phi) is 2.08. The molecule has 0 radical (unpaired) electrons. The fourth-order valence-corrected chi connectivity index (χ4v) is 0.778. The highest BCUT2D eigenvalue weighted by molar-refractivity contribution is 5.56. The molecule has 0 fully saturated rings. The second-order valence-electron chi connectivity index (χ2n) is 2.05. The number of nitrogens with one attached hydrogen (secondary N) is 1. The van der Waals surface area contributed by atoms with Crippen LogP contribution in [0.3, 0.4) is 0 Å². The molecule has 3 nitrogen and oxygen atoms in total. The maximum Gasteiger partial charge on any atom is 0.130 e. The van der Waals surface area contributed by atoms with Crippen molar-refractivity contribution in [2.75, 3.05) is 0 Å². The predicted octanol–water partition coefficient (Wildman–Crippen LogP) is 0.638. The van der Waals surface area contributed by atoms with Crippen LogP contribution in [0.4, 0.5) is 0 Å². The molecule has 48 valence electrons. The minimum absolute atomic E-state index is 0.0660. The predicted molar refractivity (Wildman–Crippen MR) is 34.9 cm³/mol. The zero-order valence-corrected chi connectivity index (χ0v) is 5.17. The molecule has 0 aromatic rings. The Bertz CT molecular complexity index is 145. The molecular formula is C6H9N3. The van der Waals surface area contributed by atoms with Crippen molar-refractivity contribution in [1.82, 2.24) is 5.43 Å². The molecule has 0 amide bonds. The van der Waals surface area contributed by atoms with Gasteiger partial charge in [-0.2, -0.15) is 10.4 Å². The molecule has 1 aliphatic heterocycles. The molecule has 1 N–H and O–H groups in total. The first kappa shape index (κ1) is 6.09. The van der Waals surface area contributed by atoms with E-state index in [1.807, 2.05) is 6.21 Å². The van der Waals surface area contributed by atoms with Gasteiger partial charge in [0.15, 0.2) is 0 Å². The lowest BCUT2D eigenvalue weighted by molar-refractivity contribution is 0.593. The molecule has 9 heavy (non-hydrogen) atoms. The molecule has 0 bridgehead atoms. The van der Waals surface area contributed by atoms with Crippen molar-refractivity contribution in [2.24, 2.45) is 5.10 Å². The third-order valence-electron chi connectivity index (χ3n) is 1.30. The summed E-state index contributed by atoms with van der Waals surface area (Å²) in [6, 6.07) is 2.05. The summed E-state index contributed by atoms with van der Waals surface area (Å²) >= 11 is 0. The summed E-state index contributed by atoms with van der Waals surface area (Å²) in [6.45, 7) is 0. The Balaban J connectivity index is 2.40. The Morgan fingerprint density at radius 2 is 2.67 bits per heavy atom. The standard InChI is InChI=1S/C6H9N3/c7-5-6-3-1-2-4-8-9-6/h4,6,9H,1-3H2. The summed E-state index contributed by atoms with van der Waals surface area (Å²) < 4.78 is 0. The van der Waals surface area contributed by atoms with Gasteiger partial charge in [0, 0.05) is 6.21 Å². The van der Waals surface area contributed by atoms with Crippen molar-refractivity contribution in [1.29, 1.82) is 5.26 Å². The van der Waals surface area contributed by atoms with E-state index in [9.17, 15) is 0 Å². The van der Waals surface area contributed by atoms with Gasteiger partial charge < -0.3 is 0 Å². The van der Waals surface area contributed by atoms with Crippen molar-refractivity contribution in [3.8, 4) is 6.07 Å². The molecule has 0 spiro atoms. The van der Waals surface area contributed by atoms with E-state index in [1.165, 1.54) is 0 Å². The van der Waals surface area contributed by atoms with Crippen molar-refractivity contribution < 1.29 is 0 Å². The number of hydrogen-bond donors (Lipinski definition) is 1. The van der Waals surface area contributed by atoms with Gasteiger partial charge in [0.25, 0.3) is 0 Å². The molecule has 1 rings (SSSR count). The van der Waals surface area contributed by atoms with E-state index < -0.39 is 0 Å². The van der Waals surface area contributed by atoms with Crippen LogP contribution < -0.4 is 5.43 Å². The van der Waals surface area contributed by atoms with E-state index in [0.29, 0.717) is 0 Å². The van der Waals surface area contributed by atoms with Crippen LogP contribution in [0.1, 0.15) is 19.3 Å². The summed E-state index contributed by atoms with van der Waals surface area (Å²) in [6.07, 6.45) is 4.79. The minimum atomic E-state index is -0.0660. The highest BCUT2D eigenvalue weighted by atomic mass is 15.3. The molecular weight excluding hydrogens is 114 g/mol. The molecule has 1 aliphatic rings. The van der Waals surface area contributed by atoms with Gasteiger partial charge in [-0.05, 0) is 19.3 Å². The lowest BCUT2D eigenvalue weighted by Crippen LogP contribution is -2.20. The van der Waals surface area contributed by atoms with Crippen LogP contribution in [0.2, 0.25) is 0 Å². The number of hydrogen-bond acceptors (Lipinski definition) is 3. The second-order valence-corrected chi connectivity index (χ2v) is 2.05. The van der Waals surface area contributed by atoms with Gasteiger partial charge in [0.2, 0.25) is 0 Å². The van der Waals surface area contributed by atoms with Gasteiger partial charge in [0.05, 0.1) is 6.07 Å². The van der Waals surface area contributed by atoms with E-state index in [4.69, 9.17) is 5.26 Å². The smallest absolute Gasteiger partial charge is 0.130 e. The molecule has 0 aromatic carbocycles. The fourth-order valence-electron chi connectivity index (χ4n) is 0.778. The third kappa shape index (κ3) is 1.73. The first-order valence-electron chi connectivity index (χ1n) is 3.10. The number of nitriles is 1. The zero-order chi connectivity index (χ0) is 6.53. The largest absolute Gasteiger partial charge is 0.293 e. The van der Waals surface area contributed by atoms with Gasteiger partial charge in [-0.15, -0.1) is 0 Å². The summed E-state index contributed by atoms with van der Waals surface area (Å²) in [5, 5.41) is 12.3. The average molecular weight is 123 g/mol. The molecule has 1 unspecified atom stereocenters. The molecule has 0 aliphatic carbocycles. The monoisotopic (exact) mass is 123 g/mol. The van der Waals surface area contributed by atoms with Crippen LogP contribution in [0.15, 0.2) is 5.10 Å². The number of hydrazone groups is 1. The molecule has 0 saturated heterocycles. The van der Waals surface area contributed by atoms with Crippen molar-refractivity contribution in [2.45, 2.75) is 25.3 Å². The van der Waals surface area contributed by atoms with E-state index in [1.54, 1.807) is 0 Å². The maximum absolute atomic E-state index is 8.43. The molecule has 1 atom stereocenters. The van der Waals surface area contributed by atoms with Crippen LogP contribution in [0.5, 0.6) is 0 Å². The van der Waals surface area contributed by atoms with E-state index >= 15 is 0 Å².